The molecule has 0 aliphatic carbocycles. The lowest BCUT2D eigenvalue weighted by atomic mass is 9.86. The average molecular weight is 691 g/mol. The van der Waals surface area contributed by atoms with Crippen LogP contribution in [0.2, 0.25) is 0 Å². The summed E-state index contributed by atoms with van der Waals surface area (Å²) in [5.41, 5.74) is 18.6. The highest BCUT2D eigenvalue weighted by molar-refractivity contribution is 6.21. The molecule has 0 radical (unpaired) electrons. The quantitative estimate of drug-likeness (QED) is 0.172. The lowest BCUT2D eigenvalue weighted by Crippen LogP contribution is -1.94. The predicted molar refractivity (Wildman–Crippen MR) is 230 cm³/mol. The minimum atomic E-state index is 0.991. The van der Waals surface area contributed by atoms with Crippen LogP contribution in [-0.4, -0.2) is 9.97 Å². The number of para-hydroxylation sites is 2. The molecule has 2 heteroatoms. The summed E-state index contributed by atoms with van der Waals surface area (Å²) in [7, 11) is 0. The molecule has 0 N–H and O–H groups in total. The lowest BCUT2D eigenvalue weighted by Gasteiger charge is -2.19. The van der Waals surface area contributed by atoms with Gasteiger partial charge in [-0.1, -0.05) is 156 Å². The van der Waals surface area contributed by atoms with Gasteiger partial charge in [0.2, 0.25) is 0 Å². The molecule has 2 aromatic heterocycles. The molecule has 0 saturated carbocycles. The summed E-state index contributed by atoms with van der Waals surface area (Å²) in [6, 6.07) is 57.8. The maximum Gasteiger partial charge on any atom is 0.0722 e. The number of benzene rings is 8. The Balaban J connectivity index is 1.27. The number of aryl methyl sites for hydroxylation is 4. The van der Waals surface area contributed by atoms with E-state index in [0.717, 1.165) is 43.6 Å². The fourth-order valence-corrected chi connectivity index (χ4v) is 8.77. The predicted octanol–water partition coefficient (Wildman–Crippen LogP) is 14.1. The van der Waals surface area contributed by atoms with Crippen LogP contribution in [0.3, 0.4) is 0 Å². The molecule has 0 amide bonds. The second kappa shape index (κ2) is 12.5. The molecule has 0 bridgehead atoms. The van der Waals surface area contributed by atoms with Gasteiger partial charge >= 0.3 is 0 Å². The van der Waals surface area contributed by atoms with Crippen LogP contribution < -0.4 is 0 Å². The Morgan fingerprint density at radius 3 is 1.17 bits per heavy atom. The first-order valence-corrected chi connectivity index (χ1v) is 18.7. The third kappa shape index (κ3) is 5.33. The van der Waals surface area contributed by atoms with Gasteiger partial charge in [-0.25, -0.2) is 9.97 Å². The molecule has 2 nitrogen and oxygen atoms in total. The smallest absolute Gasteiger partial charge is 0.0722 e. The maximum absolute atomic E-state index is 5.27. The van der Waals surface area contributed by atoms with E-state index in [1.165, 1.54) is 77.5 Å². The summed E-state index contributed by atoms with van der Waals surface area (Å²) in [5.74, 6) is 0. The first-order chi connectivity index (χ1) is 26.4. The molecule has 0 fully saturated rings. The third-order valence-corrected chi connectivity index (χ3v) is 10.9. The van der Waals surface area contributed by atoms with E-state index in [4.69, 9.17) is 9.97 Å². The number of nitrogens with zero attached hydrogens (tertiary/aromatic N) is 2. The van der Waals surface area contributed by atoms with Gasteiger partial charge in [-0.15, -0.1) is 0 Å². The SMILES string of the molecule is Cc1cc(C)cc(-c2ccc3c(-c4cccc5cccc(-c6c7ccccc7nc7cc(-c8cc(C)cc(C)c8)ccc67)c45)c4ccccc4nc3c2)c1. The molecule has 2 heterocycles. The molecule has 256 valence electrons. The summed E-state index contributed by atoms with van der Waals surface area (Å²) < 4.78 is 0. The Kier molecular flexibility index (Phi) is 7.42. The van der Waals surface area contributed by atoms with Crippen LogP contribution in [-0.2, 0) is 0 Å². The van der Waals surface area contributed by atoms with Crippen molar-refractivity contribution >= 4 is 54.4 Å². The summed E-state index contributed by atoms with van der Waals surface area (Å²) in [5, 5.41) is 7.01. The first-order valence-electron chi connectivity index (χ1n) is 18.7. The molecular formula is C52H38N2. The van der Waals surface area contributed by atoms with Crippen LogP contribution in [0, 0.1) is 27.7 Å². The van der Waals surface area contributed by atoms with Crippen molar-refractivity contribution in [3.63, 3.8) is 0 Å². The van der Waals surface area contributed by atoms with Gasteiger partial charge in [0, 0.05) is 32.7 Å². The molecule has 0 aliphatic heterocycles. The van der Waals surface area contributed by atoms with E-state index in [2.05, 4.69) is 185 Å². The first kappa shape index (κ1) is 32.0. The summed E-state index contributed by atoms with van der Waals surface area (Å²) in [6.07, 6.45) is 0. The molecule has 0 aliphatic rings. The molecule has 54 heavy (non-hydrogen) atoms. The summed E-state index contributed by atoms with van der Waals surface area (Å²) in [4.78, 5) is 10.5. The van der Waals surface area contributed by atoms with Gasteiger partial charge in [-0.3, -0.25) is 0 Å². The van der Waals surface area contributed by atoms with Gasteiger partial charge in [-0.2, -0.15) is 0 Å². The van der Waals surface area contributed by atoms with E-state index in [0.29, 0.717) is 0 Å². The largest absolute Gasteiger partial charge is 0.248 e. The van der Waals surface area contributed by atoms with Crippen LogP contribution in [0.25, 0.3) is 98.9 Å². The van der Waals surface area contributed by atoms with E-state index in [1.54, 1.807) is 0 Å². The molecule has 10 rings (SSSR count). The topological polar surface area (TPSA) is 25.8 Å². The van der Waals surface area contributed by atoms with Crippen molar-refractivity contribution in [3.8, 4) is 44.5 Å². The molecule has 8 aromatic carbocycles. The Morgan fingerprint density at radius 1 is 0.315 bits per heavy atom. The van der Waals surface area contributed by atoms with Crippen LogP contribution in [0.15, 0.2) is 158 Å². The molecule has 0 saturated heterocycles. The van der Waals surface area contributed by atoms with Crippen molar-refractivity contribution in [1.29, 1.82) is 0 Å². The third-order valence-electron chi connectivity index (χ3n) is 10.9. The van der Waals surface area contributed by atoms with Crippen molar-refractivity contribution in [1.82, 2.24) is 9.97 Å². The van der Waals surface area contributed by atoms with Crippen LogP contribution >= 0.6 is 0 Å². The van der Waals surface area contributed by atoms with E-state index < -0.39 is 0 Å². The van der Waals surface area contributed by atoms with Crippen molar-refractivity contribution in [3.05, 3.63) is 180 Å². The Hall–Kier alpha value is -6.64. The van der Waals surface area contributed by atoms with E-state index in [9.17, 15) is 0 Å². The number of hydrogen-bond donors (Lipinski definition) is 0. The van der Waals surface area contributed by atoms with Gasteiger partial charge in [0.1, 0.15) is 0 Å². The molecule has 0 atom stereocenters. The van der Waals surface area contributed by atoms with Crippen molar-refractivity contribution < 1.29 is 0 Å². The van der Waals surface area contributed by atoms with Gasteiger partial charge in [0.25, 0.3) is 0 Å². The normalized spacial score (nSPS) is 11.7. The highest BCUT2D eigenvalue weighted by atomic mass is 14.7. The minimum Gasteiger partial charge on any atom is -0.248 e. The Morgan fingerprint density at radius 2 is 0.722 bits per heavy atom. The summed E-state index contributed by atoms with van der Waals surface area (Å²) in [6.45, 7) is 8.66. The highest BCUT2D eigenvalue weighted by Crippen LogP contribution is 2.46. The van der Waals surface area contributed by atoms with Gasteiger partial charge in [0.05, 0.1) is 22.1 Å². The zero-order valence-electron chi connectivity index (χ0n) is 30.9. The molecule has 0 spiro atoms. The standard InChI is InChI=1S/C52H38N2/c1-31-23-32(2)26-38(25-31)36-19-21-42-48(29-36)53-46-17-7-5-13-40(46)51(42)44-15-9-11-35-12-10-16-45(50(35)44)52-41-14-6-8-18-47(41)54-49-30-37(20-22-43(49)52)39-27-33(3)24-34(4)28-39/h5-30H,1-4H3. The fourth-order valence-electron chi connectivity index (χ4n) is 8.77. The van der Waals surface area contributed by atoms with Gasteiger partial charge < -0.3 is 0 Å². The number of pyridine rings is 2. The second-order valence-electron chi connectivity index (χ2n) is 14.9. The number of fused-ring (bicyclic) bond motifs is 5. The van der Waals surface area contributed by atoms with Crippen molar-refractivity contribution in [2.75, 3.05) is 0 Å². The number of rotatable bonds is 4. The highest BCUT2D eigenvalue weighted by Gasteiger charge is 2.20. The van der Waals surface area contributed by atoms with Crippen molar-refractivity contribution in [2.45, 2.75) is 27.7 Å². The second-order valence-corrected chi connectivity index (χ2v) is 14.9. The lowest BCUT2D eigenvalue weighted by molar-refractivity contribution is 1.38. The molecular weight excluding hydrogens is 653 g/mol. The van der Waals surface area contributed by atoms with E-state index in [-0.39, 0.29) is 0 Å². The zero-order valence-corrected chi connectivity index (χ0v) is 30.9. The number of hydrogen-bond acceptors (Lipinski definition) is 2. The minimum absolute atomic E-state index is 0.991. The van der Waals surface area contributed by atoms with E-state index in [1.807, 2.05) is 0 Å². The Bertz CT molecular complexity index is 2900. The van der Waals surface area contributed by atoms with Crippen LogP contribution in [0.1, 0.15) is 22.3 Å². The van der Waals surface area contributed by atoms with Crippen LogP contribution in [0.5, 0.6) is 0 Å². The molecule has 10 aromatic rings. The van der Waals surface area contributed by atoms with Crippen LogP contribution in [0.4, 0.5) is 0 Å². The maximum atomic E-state index is 5.27. The summed E-state index contributed by atoms with van der Waals surface area (Å²) >= 11 is 0. The fraction of sp³-hybridized carbons (Fsp3) is 0.0769. The average Bonchev–Trinajstić information content (AvgIpc) is 3.17. The van der Waals surface area contributed by atoms with Gasteiger partial charge in [0.15, 0.2) is 0 Å². The van der Waals surface area contributed by atoms with E-state index >= 15 is 0 Å². The number of aromatic nitrogens is 2. The monoisotopic (exact) mass is 690 g/mol. The zero-order chi connectivity index (χ0) is 36.5. The van der Waals surface area contributed by atoms with Gasteiger partial charge in [-0.05, 0) is 96.1 Å². The Labute approximate surface area is 315 Å². The molecule has 0 unspecified atom stereocenters. The van der Waals surface area contributed by atoms with Crippen molar-refractivity contribution in [2.24, 2.45) is 0 Å².